The summed E-state index contributed by atoms with van der Waals surface area (Å²) < 4.78 is 5.24. The van der Waals surface area contributed by atoms with Gasteiger partial charge in [-0.3, -0.25) is 4.98 Å². The minimum absolute atomic E-state index is 0.286. The van der Waals surface area contributed by atoms with Crippen molar-refractivity contribution in [1.82, 2.24) is 20.4 Å². The Morgan fingerprint density at radius 2 is 2.16 bits per heavy atom. The molecule has 6 heteroatoms. The zero-order valence-corrected chi connectivity index (χ0v) is 10.8. The lowest BCUT2D eigenvalue weighted by Gasteiger charge is -2.28. The van der Waals surface area contributed by atoms with Crippen LogP contribution in [-0.2, 0) is 5.60 Å². The first-order chi connectivity index (χ1) is 9.19. The number of aliphatic hydroxyl groups is 1. The van der Waals surface area contributed by atoms with Crippen molar-refractivity contribution in [2.45, 2.75) is 25.4 Å². The number of hydrogen-bond donors (Lipinski definition) is 2. The number of aryl methyl sites for hydroxylation is 1. The lowest BCUT2D eigenvalue weighted by molar-refractivity contribution is -0.0228. The van der Waals surface area contributed by atoms with Crippen LogP contribution in [0.2, 0.25) is 0 Å². The smallest absolute Gasteiger partial charge is 0.259 e. The first kappa shape index (κ1) is 12.3. The molecule has 2 aromatic rings. The fourth-order valence-corrected chi connectivity index (χ4v) is 2.28. The molecule has 0 bridgehead atoms. The van der Waals surface area contributed by atoms with Gasteiger partial charge in [-0.1, -0.05) is 11.2 Å². The standard InChI is InChI=1S/C13H16N4O2/c1-9-3-2-6-15-10(9)11-16-12(19-17-11)13(18)4-7-14-8-5-13/h2-3,6,14,18H,4-5,7-8H2,1H3. The predicted molar refractivity (Wildman–Crippen MR) is 68.3 cm³/mol. The van der Waals surface area contributed by atoms with Crippen molar-refractivity contribution in [2.75, 3.05) is 13.1 Å². The first-order valence-corrected chi connectivity index (χ1v) is 6.38. The van der Waals surface area contributed by atoms with E-state index in [-0.39, 0.29) is 5.89 Å². The first-order valence-electron chi connectivity index (χ1n) is 6.38. The third-order valence-electron chi connectivity index (χ3n) is 3.48. The highest BCUT2D eigenvalue weighted by molar-refractivity contribution is 5.53. The van der Waals surface area contributed by atoms with E-state index in [0.29, 0.717) is 24.4 Å². The van der Waals surface area contributed by atoms with Crippen molar-refractivity contribution in [1.29, 1.82) is 0 Å². The van der Waals surface area contributed by atoms with Crippen LogP contribution in [0.25, 0.3) is 11.5 Å². The molecule has 0 aliphatic carbocycles. The van der Waals surface area contributed by atoms with E-state index in [1.54, 1.807) is 6.20 Å². The monoisotopic (exact) mass is 260 g/mol. The summed E-state index contributed by atoms with van der Waals surface area (Å²) in [5.74, 6) is 0.717. The predicted octanol–water partition coefficient (Wildman–Crippen LogP) is 1.01. The van der Waals surface area contributed by atoms with Crippen molar-refractivity contribution in [2.24, 2.45) is 0 Å². The number of nitrogens with one attached hydrogen (secondary N) is 1. The fraction of sp³-hybridized carbons (Fsp3) is 0.462. The summed E-state index contributed by atoms with van der Waals surface area (Å²) in [6, 6.07) is 3.80. The zero-order valence-electron chi connectivity index (χ0n) is 10.8. The number of nitrogens with zero attached hydrogens (tertiary/aromatic N) is 3. The van der Waals surface area contributed by atoms with Crippen LogP contribution in [0.4, 0.5) is 0 Å². The molecule has 6 nitrogen and oxygen atoms in total. The second-order valence-electron chi connectivity index (χ2n) is 4.87. The number of rotatable bonds is 2. The Hall–Kier alpha value is -1.79. The van der Waals surface area contributed by atoms with Gasteiger partial charge in [0, 0.05) is 6.20 Å². The van der Waals surface area contributed by atoms with Crippen LogP contribution in [0, 0.1) is 6.92 Å². The molecule has 1 saturated heterocycles. The zero-order chi connectivity index (χ0) is 13.3. The normalized spacial score (nSPS) is 18.4. The number of aromatic nitrogens is 3. The van der Waals surface area contributed by atoms with Crippen LogP contribution in [0.1, 0.15) is 24.3 Å². The molecule has 1 aliphatic rings. The minimum Gasteiger partial charge on any atom is -0.380 e. The van der Waals surface area contributed by atoms with E-state index in [1.165, 1.54) is 0 Å². The van der Waals surface area contributed by atoms with Gasteiger partial charge < -0.3 is 14.9 Å². The van der Waals surface area contributed by atoms with E-state index in [1.807, 2.05) is 19.1 Å². The van der Waals surface area contributed by atoms with Gasteiger partial charge in [-0.25, -0.2) is 0 Å². The quantitative estimate of drug-likeness (QED) is 0.838. The largest absolute Gasteiger partial charge is 0.380 e. The Kier molecular flexibility index (Phi) is 3.04. The van der Waals surface area contributed by atoms with Crippen LogP contribution >= 0.6 is 0 Å². The van der Waals surface area contributed by atoms with E-state index in [9.17, 15) is 5.11 Å². The average Bonchev–Trinajstić information content (AvgIpc) is 2.90. The molecule has 100 valence electrons. The van der Waals surface area contributed by atoms with Gasteiger partial charge in [-0.15, -0.1) is 0 Å². The van der Waals surface area contributed by atoms with E-state index >= 15 is 0 Å². The maximum absolute atomic E-state index is 10.5. The molecule has 0 aromatic carbocycles. The average molecular weight is 260 g/mol. The van der Waals surface area contributed by atoms with E-state index in [4.69, 9.17) is 4.52 Å². The maximum atomic E-state index is 10.5. The van der Waals surface area contributed by atoms with Crippen LogP contribution < -0.4 is 5.32 Å². The number of pyridine rings is 1. The van der Waals surface area contributed by atoms with Crippen LogP contribution in [0.5, 0.6) is 0 Å². The van der Waals surface area contributed by atoms with Gasteiger partial charge >= 0.3 is 0 Å². The molecule has 2 N–H and O–H groups in total. The Labute approximate surface area is 110 Å². The van der Waals surface area contributed by atoms with E-state index in [0.717, 1.165) is 18.7 Å². The second kappa shape index (κ2) is 4.71. The Morgan fingerprint density at radius 1 is 1.37 bits per heavy atom. The summed E-state index contributed by atoms with van der Waals surface area (Å²) in [5.41, 5.74) is 0.654. The highest BCUT2D eigenvalue weighted by Gasteiger charge is 2.37. The molecule has 3 heterocycles. The molecule has 0 amide bonds. The molecular formula is C13H16N4O2. The molecule has 0 radical (unpaired) electrons. The van der Waals surface area contributed by atoms with Crippen molar-refractivity contribution in [3.05, 3.63) is 29.8 Å². The van der Waals surface area contributed by atoms with Crippen LogP contribution in [0.3, 0.4) is 0 Å². The second-order valence-corrected chi connectivity index (χ2v) is 4.87. The number of piperidine rings is 1. The molecule has 0 saturated carbocycles. The van der Waals surface area contributed by atoms with Gasteiger partial charge in [-0.05, 0) is 44.5 Å². The Morgan fingerprint density at radius 3 is 2.89 bits per heavy atom. The Balaban J connectivity index is 1.93. The van der Waals surface area contributed by atoms with Crippen molar-refractivity contribution in [3.63, 3.8) is 0 Å². The van der Waals surface area contributed by atoms with E-state index in [2.05, 4.69) is 20.4 Å². The minimum atomic E-state index is -1.01. The topological polar surface area (TPSA) is 84.1 Å². The summed E-state index contributed by atoms with van der Waals surface area (Å²) in [4.78, 5) is 8.57. The van der Waals surface area contributed by atoms with Gasteiger partial charge in [-0.2, -0.15) is 4.98 Å². The molecule has 1 aliphatic heterocycles. The Bertz CT molecular complexity index is 576. The van der Waals surface area contributed by atoms with Gasteiger partial charge in [0.2, 0.25) is 5.82 Å². The molecule has 1 fully saturated rings. The molecule has 2 aromatic heterocycles. The molecular weight excluding hydrogens is 244 g/mol. The fourth-order valence-electron chi connectivity index (χ4n) is 2.28. The third kappa shape index (κ3) is 2.24. The summed E-state index contributed by atoms with van der Waals surface area (Å²) in [7, 11) is 0. The van der Waals surface area contributed by atoms with Crippen LogP contribution in [-0.4, -0.2) is 33.3 Å². The molecule has 0 unspecified atom stereocenters. The highest BCUT2D eigenvalue weighted by atomic mass is 16.5. The van der Waals surface area contributed by atoms with E-state index < -0.39 is 5.60 Å². The molecule has 19 heavy (non-hydrogen) atoms. The summed E-state index contributed by atoms with van der Waals surface area (Å²) in [6.45, 7) is 3.44. The summed E-state index contributed by atoms with van der Waals surface area (Å²) >= 11 is 0. The summed E-state index contributed by atoms with van der Waals surface area (Å²) in [6.07, 6.45) is 2.85. The van der Waals surface area contributed by atoms with Crippen molar-refractivity contribution in [3.8, 4) is 11.5 Å². The third-order valence-corrected chi connectivity index (χ3v) is 3.48. The van der Waals surface area contributed by atoms with Gasteiger partial charge in [0.15, 0.2) is 0 Å². The molecule has 0 spiro atoms. The van der Waals surface area contributed by atoms with Gasteiger partial charge in [0.05, 0.1) is 0 Å². The number of hydrogen-bond acceptors (Lipinski definition) is 6. The lowest BCUT2D eigenvalue weighted by atomic mass is 9.92. The molecule has 3 rings (SSSR count). The SMILES string of the molecule is Cc1cccnc1-c1noc(C2(O)CCNCC2)n1. The van der Waals surface area contributed by atoms with Crippen molar-refractivity contribution < 1.29 is 9.63 Å². The lowest BCUT2D eigenvalue weighted by Crippen LogP contribution is -2.39. The molecule has 0 atom stereocenters. The highest BCUT2D eigenvalue weighted by Crippen LogP contribution is 2.30. The van der Waals surface area contributed by atoms with Gasteiger partial charge in [0.25, 0.3) is 5.89 Å². The van der Waals surface area contributed by atoms with Crippen molar-refractivity contribution >= 4 is 0 Å². The van der Waals surface area contributed by atoms with Crippen LogP contribution in [0.15, 0.2) is 22.9 Å². The summed E-state index contributed by atoms with van der Waals surface area (Å²) in [5, 5.41) is 17.6. The van der Waals surface area contributed by atoms with Gasteiger partial charge in [0.1, 0.15) is 11.3 Å². The maximum Gasteiger partial charge on any atom is 0.259 e.